The molecule has 3 aromatic carbocycles. The molecule has 1 atom stereocenters. The fourth-order valence-electron chi connectivity index (χ4n) is 2.60. The molecule has 3 rings (SSSR count). The average molecular weight is 393 g/mol. The second-order valence-corrected chi connectivity index (χ2v) is 6.19. The van der Waals surface area contributed by atoms with Crippen LogP contribution in [-0.4, -0.2) is 18.5 Å². The second-order valence-electron chi connectivity index (χ2n) is 6.19. The van der Waals surface area contributed by atoms with Crippen molar-refractivity contribution < 1.29 is 23.5 Å². The van der Waals surface area contributed by atoms with Gasteiger partial charge in [0, 0.05) is 11.3 Å². The molecule has 0 fully saturated rings. The Bertz CT molecular complexity index is 930. The Labute approximate surface area is 168 Å². The van der Waals surface area contributed by atoms with Gasteiger partial charge in [0.15, 0.2) is 0 Å². The number of ether oxygens (including phenoxy) is 2. The van der Waals surface area contributed by atoms with Crippen molar-refractivity contribution in [3.05, 3.63) is 96.3 Å². The zero-order valence-corrected chi connectivity index (χ0v) is 15.6. The number of amides is 1. The first-order chi connectivity index (χ1) is 14.1. The predicted molar refractivity (Wildman–Crippen MR) is 107 cm³/mol. The van der Waals surface area contributed by atoms with Gasteiger partial charge in [-0.1, -0.05) is 48.5 Å². The molecular weight excluding hydrogens is 373 g/mol. The van der Waals surface area contributed by atoms with Gasteiger partial charge in [0.05, 0.1) is 13.0 Å². The maximum absolute atomic E-state index is 13.1. The number of esters is 1. The number of hydrogen-bond donors (Lipinski definition) is 1. The maximum atomic E-state index is 13.1. The Hall–Kier alpha value is -3.67. The molecule has 0 saturated carbocycles. The minimum absolute atomic E-state index is 0.0118. The number of benzene rings is 3. The second kappa shape index (κ2) is 10.0. The molecule has 0 aliphatic heterocycles. The third kappa shape index (κ3) is 6.17. The highest BCUT2D eigenvalue weighted by atomic mass is 19.1. The topological polar surface area (TPSA) is 64.6 Å². The molecule has 0 saturated heterocycles. The van der Waals surface area contributed by atoms with E-state index >= 15 is 0 Å². The molecule has 1 N–H and O–H groups in total. The summed E-state index contributed by atoms with van der Waals surface area (Å²) in [4.78, 5) is 25.0. The fraction of sp³-hybridized carbons (Fsp3) is 0.130. The quantitative estimate of drug-likeness (QED) is 0.572. The van der Waals surface area contributed by atoms with Crippen molar-refractivity contribution in [2.75, 3.05) is 11.9 Å². The predicted octanol–water partition coefficient (Wildman–Crippen LogP) is 4.52. The smallest absolute Gasteiger partial charge is 0.310 e. The van der Waals surface area contributed by atoms with Gasteiger partial charge in [0.1, 0.15) is 11.6 Å². The SMILES string of the molecule is O=C(CCOc1ccccc1)O[C@H](C(=O)Nc1ccc(F)cc1)c1ccccc1. The highest BCUT2D eigenvalue weighted by Gasteiger charge is 2.25. The summed E-state index contributed by atoms with van der Waals surface area (Å²) in [5, 5.41) is 2.64. The third-order valence-corrected chi connectivity index (χ3v) is 4.02. The van der Waals surface area contributed by atoms with Crippen LogP contribution in [-0.2, 0) is 14.3 Å². The average Bonchev–Trinajstić information content (AvgIpc) is 2.75. The van der Waals surface area contributed by atoms with Crippen LogP contribution in [0.3, 0.4) is 0 Å². The summed E-state index contributed by atoms with van der Waals surface area (Å²) in [6, 6.07) is 23.1. The van der Waals surface area contributed by atoms with Gasteiger partial charge < -0.3 is 14.8 Å². The zero-order valence-electron chi connectivity index (χ0n) is 15.6. The molecule has 0 spiro atoms. The summed E-state index contributed by atoms with van der Waals surface area (Å²) in [6.45, 7) is 0.129. The molecule has 0 heterocycles. The van der Waals surface area contributed by atoms with E-state index in [2.05, 4.69) is 5.32 Å². The molecule has 0 bridgehead atoms. The lowest BCUT2D eigenvalue weighted by molar-refractivity contribution is -0.155. The molecule has 1 amide bonds. The van der Waals surface area contributed by atoms with Gasteiger partial charge in [-0.25, -0.2) is 4.39 Å². The third-order valence-electron chi connectivity index (χ3n) is 4.02. The maximum Gasteiger partial charge on any atom is 0.310 e. The van der Waals surface area contributed by atoms with Crippen molar-refractivity contribution in [2.45, 2.75) is 12.5 Å². The van der Waals surface area contributed by atoms with Gasteiger partial charge in [0.2, 0.25) is 6.10 Å². The first kappa shape index (κ1) is 20.1. The first-order valence-electron chi connectivity index (χ1n) is 9.10. The van der Waals surface area contributed by atoms with E-state index in [9.17, 15) is 14.0 Å². The van der Waals surface area contributed by atoms with Crippen LogP contribution in [0.15, 0.2) is 84.9 Å². The number of para-hydroxylation sites is 1. The Morgan fingerprint density at radius 1 is 0.862 bits per heavy atom. The molecule has 0 aliphatic carbocycles. The summed E-state index contributed by atoms with van der Waals surface area (Å²) in [6.07, 6.45) is -1.15. The molecule has 0 aromatic heterocycles. The van der Waals surface area contributed by atoms with E-state index in [1.807, 2.05) is 18.2 Å². The van der Waals surface area contributed by atoms with Crippen LogP contribution in [0.4, 0.5) is 10.1 Å². The molecular formula is C23H20FNO4. The van der Waals surface area contributed by atoms with Gasteiger partial charge in [-0.05, 0) is 36.4 Å². The summed E-state index contributed by atoms with van der Waals surface area (Å²) >= 11 is 0. The van der Waals surface area contributed by atoms with Gasteiger partial charge in [-0.3, -0.25) is 9.59 Å². The lowest BCUT2D eigenvalue weighted by Gasteiger charge is -2.18. The minimum atomic E-state index is -1.13. The fourth-order valence-corrected chi connectivity index (χ4v) is 2.60. The van der Waals surface area contributed by atoms with Crippen molar-refractivity contribution in [2.24, 2.45) is 0 Å². The Balaban J connectivity index is 1.63. The van der Waals surface area contributed by atoms with Crippen molar-refractivity contribution in [3.8, 4) is 5.75 Å². The van der Waals surface area contributed by atoms with E-state index in [1.54, 1.807) is 42.5 Å². The van der Waals surface area contributed by atoms with Crippen LogP contribution >= 0.6 is 0 Å². The number of rotatable bonds is 8. The van der Waals surface area contributed by atoms with Gasteiger partial charge in [-0.15, -0.1) is 0 Å². The summed E-state index contributed by atoms with van der Waals surface area (Å²) in [5.74, 6) is -0.856. The summed E-state index contributed by atoms with van der Waals surface area (Å²) in [5.41, 5.74) is 0.935. The van der Waals surface area contributed by atoms with Crippen LogP contribution in [0.1, 0.15) is 18.1 Å². The molecule has 6 heteroatoms. The molecule has 148 valence electrons. The molecule has 5 nitrogen and oxygen atoms in total. The number of nitrogens with one attached hydrogen (secondary N) is 1. The molecule has 0 radical (unpaired) electrons. The van der Waals surface area contributed by atoms with Crippen LogP contribution in [0, 0.1) is 5.82 Å². The van der Waals surface area contributed by atoms with E-state index in [-0.39, 0.29) is 13.0 Å². The van der Waals surface area contributed by atoms with Crippen LogP contribution in [0.2, 0.25) is 0 Å². The largest absolute Gasteiger partial charge is 0.493 e. The van der Waals surface area contributed by atoms with Crippen LogP contribution in [0.25, 0.3) is 0 Å². The summed E-state index contributed by atoms with van der Waals surface area (Å²) < 4.78 is 24.0. The normalized spacial score (nSPS) is 11.3. The van der Waals surface area contributed by atoms with E-state index in [1.165, 1.54) is 24.3 Å². The van der Waals surface area contributed by atoms with E-state index < -0.39 is 23.8 Å². The first-order valence-corrected chi connectivity index (χ1v) is 9.10. The number of carbonyl (C=O) groups excluding carboxylic acids is 2. The number of anilines is 1. The van der Waals surface area contributed by atoms with Crippen molar-refractivity contribution in [3.63, 3.8) is 0 Å². The van der Waals surface area contributed by atoms with Crippen LogP contribution < -0.4 is 10.1 Å². The molecule has 0 aliphatic rings. The standard InChI is InChI=1S/C23H20FNO4/c24-18-11-13-19(14-12-18)25-23(27)22(17-7-3-1-4-8-17)29-21(26)15-16-28-20-9-5-2-6-10-20/h1-14,22H,15-16H2,(H,25,27)/t22-/m0/s1. The minimum Gasteiger partial charge on any atom is -0.493 e. The lowest BCUT2D eigenvalue weighted by Crippen LogP contribution is -2.26. The number of carbonyl (C=O) groups is 2. The Morgan fingerprint density at radius 2 is 1.48 bits per heavy atom. The van der Waals surface area contributed by atoms with Crippen LogP contribution in [0.5, 0.6) is 5.75 Å². The van der Waals surface area contributed by atoms with Gasteiger partial charge in [-0.2, -0.15) is 0 Å². The van der Waals surface area contributed by atoms with Crippen molar-refractivity contribution >= 4 is 17.6 Å². The van der Waals surface area contributed by atoms with E-state index in [0.29, 0.717) is 17.0 Å². The van der Waals surface area contributed by atoms with E-state index in [4.69, 9.17) is 9.47 Å². The van der Waals surface area contributed by atoms with E-state index in [0.717, 1.165) is 0 Å². The van der Waals surface area contributed by atoms with Crippen molar-refractivity contribution in [1.29, 1.82) is 0 Å². The molecule has 0 unspecified atom stereocenters. The molecule has 29 heavy (non-hydrogen) atoms. The Morgan fingerprint density at radius 3 is 2.14 bits per heavy atom. The highest BCUT2D eigenvalue weighted by Crippen LogP contribution is 2.21. The monoisotopic (exact) mass is 393 g/mol. The van der Waals surface area contributed by atoms with Gasteiger partial charge >= 0.3 is 5.97 Å². The zero-order chi connectivity index (χ0) is 20.5. The van der Waals surface area contributed by atoms with Crippen molar-refractivity contribution in [1.82, 2.24) is 0 Å². The number of halogens is 1. The van der Waals surface area contributed by atoms with Gasteiger partial charge in [0.25, 0.3) is 5.91 Å². The molecule has 3 aromatic rings. The highest BCUT2D eigenvalue weighted by molar-refractivity contribution is 5.96. The lowest BCUT2D eigenvalue weighted by atomic mass is 10.1. The summed E-state index contributed by atoms with van der Waals surface area (Å²) in [7, 11) is 0. The number of hydrogen-bond acceptors (Lipinski definition) is 4. The Kier molecular flexibility index (Phi) is 6.95.